The Morgan fingerprint density at radius 1 is 1.16 bits per heavy atom. The fraction of sp³-hybridized carbons (Fsp3) is 0.318. The van der Waals surface area contributed by atoms with Gasteiger partial charge in [0.05, 0.1) is 33.0 Å². The molecule has 0 fully saturated rings. The van der Waals surface area contributed by atoms with Gasteiger partial charge in [0.2, 0.25) is 17.7 Å². The molecule has 10 heteroatoms. The summed E-state index contributed by atoms with van der Waals surface area (Å²) in [5.41, 5.74) is 2.73. The fourth-order valence-corrected chi connectivity index (χ4v) is 3.65. The highest BCUT2D eigenvalue weighted by Gasteiger charge is 2.33. The number of fused-ring (bicyclic) bond motifs is 1. The number of methoxy groups -OCH3 is 2. The second kappa shape index (κ2) is 9.04. The quantitative estimate of drug-likeness (QED) is 0.600. The molecule has 3 heterocycles. The molecule has 0 bridgehead atoms. The molecule has 3 aromatic rings. The summed E-state index contributed by atoms with van der Waals surface area (Å²) < 4.78 is 11.9. The van der Waals surface area contributed by atoms with E-state index in [4.69, 9.17) is 9.47 Å². The number of hydrogen-bond acceptors (Lipinski definition) is 7. The monoisotopic (exact) mass is 436 g/mol. The number of ether oxygens (including phenoxy) is 2. The average molecular weight is 436 g/mol. The van der Waals surface area contributed by atoms with E-state index in [0.29, 0.717) is 24.7 Å². The first-order chi connectivity index (χ1) is 15.5. The maximum Gasteiger partial charge on any atom is 0.257 e. The second-order valence-electron chi connectivity index (χ2n) is 7.38. The lowest BCUT2D eigenvalue weighted by Gasteiger charge is -2.31. The molecular weight excluding hydrogens is 412 g/mol. The summed E-state index contributed by atoms with van der Waals surface area (Å²) in [5, 5.41) is 11.2. The zero-order valence-electron chi connectivity index (χ0n) is 18.1. The number of aromatic nitrogens is 4. The number of benzene rings is 1. The van der Waals surface area contributed by atoms with E-state index >= 15 is 0 Å². The standard InChI is InChI=1S/C22H24N6O4/c1-14-22(30)27(12-15-7-5-4-6-8-15)13-18-17(25-26-28(14)18)11-23-20(29)16-9-10-19(31-2)24-21(16)32-3/h4-10,14H,11-13H2,1-3H3,(H,23,29). The van der Waals surface area contributed by atoms with Gasteiger partial charge in [-0.25, -0.2) is 4.68 Å². The maximum absolute atomic E-state index is 12.8. The van der Waals surface area contributed by atoms with Crippen LogP contribution in [0.3, 0.4) is 0 Å². The summed E-state index contributed by atoms with van der Waals surface area (Å²) in [6.45, 7) is 2.82. The van der Waals surface area contributed by atoms with Crippen molar-refractivity contribution in [3.05, 3.63) is 65.0 Å². The van der Waals surface area contributed by atoms with Gasteiger partial charge in [-0.05, 0) is 18.6 Å². The van der Waals surface area contributed by atoms with Gasteiger partial charge in [0.1, 0.15) is 17.3 Å². The van der Waals surface area contributed by atoms with E-state index in [2.05, 4.69) is 20.6 Å². The van der Waals surface area contributed by atoms with Crippen LogP contribution < -0.4 is 14.8 Å². The van der Waals surface area contributed by atoms with Gasteiger partial charge in [0, 0.05) is 12.6 Å². The van der Waals surface area contributed by atoms with E-state index in [0.717, 1.165) is 11.3 Å². The zero-order chi connectivity index (χ0) is 22.7. The second-order valence-corrected chi connectivity index (χ2v) is 7.38. The number of carbonyl (C=O) groups excluding carboxylic acids is 2. The largest absolute Gasteiger partial charge is 0.481 e. The van der Waals surface area contributed by atoms with Crippen molar-refractivity contribution in [1.29, 1.82) is 0 Å². The number of nitrogens with one attached hydrogen (secondary N) is 1. The van der Waals surface area contributed by atoms with Crippen LogP contribution in [0.2, 0.25) is 0 Å². The van der Waals surface area contributed by atoms with Crippen LogP contribution in [0.4, 0.5) is 0 Å². The topological polar surface area (TPSA) is 111 Å². The van der Waals surface area contributed by atoms with Crippen molar-refractivity contribution in [3.63, 3.8) is 0 Å². The normalized spacial score (nSPS) is 15.3. The predicted octanol–water partition coefficient (Wildman–Crippen LogP) is 1.72. The molecule has 2 aromatic heterocycles. The Morgan fingerprint density at radius 2 is 1.94 bits per heavy atom. The minimum Gasteiger partial charge on any atom is -0.481 e. The smallest absolute Gasteiger partial charge is 0.257 e. The van der Waals surface area contributed by atoms with Crippen LogP contribution in [0.5, 0.6) is 11.8 Å². The molecule has 1 aliphatic rings. The van der Waals surface area contributed by atoms with E-state index in [-0.39, 0.29) is 29.8 Å². The lowest BCUT2D eigenvalue weighted by atomic mass is 10.1. The molecule has 0 spiro atoms. The van der Waals surface area contributed by atoms with Gasteiger partial charge < -0.3 is 19.7 Å². The number of nitrogens with zero attached hydrogens (tertiary/aromatic N) is 5. The molecule has 1 N–H and O–H groups in total. The molecule has 1 atom stereocenters. The SMILES string of the molecule is COc1ccc(C(=O)NCc2nnn3c2CN(Cc2ccccc2)C(=O)C3C)c(OC)n1. The van der Waals surface area contributed by atoms with Crippen LogP contribution in [-0.4, -0.2) is 50.9 Å². The van der Waals surface area contributed by atoms with Crippen LogP contribution in [-0.2, 0) is 24.4 Å². The highest BCUT2D eigenvalue weighted by atomic mass is 16.5. The van der Waals surface area contributed by atoms with Gasteiger partial charge in [-0.1, -0.05) is 35.5 Å². The predicted molar refractivity (Wildman–Crippen MR) is 114 cm³/mol. The van der Waals surface area contributed by atoms with Crippen LogP contribution in [0.15, 0.2) is 42.5 Å². The highest BCUT2D eigenvalue weighted by molar-refractivity contribution is 5.96. The third-order valence-corrected chi connectivity index (χ3v) is 5.36. The molecule has 0 aliphatic carbocycles. The van der Waals surface area contributed by atoms with Gasteiger partial charge in [0.15, 0.2) is 0 Å². The number of rotatable bonds is 7. The molecule has 10 nitrogen and oxygen atoms in total. The average Bonchev–Trinajstić information content (AvgIpc) is 3.23. The molecule has 1 aromatic carbocycles. The van der Waals surface area contributed by atoms with Gasteiger partial charge in [-0.15, -0.1) is 5.10 Å². The summed E-state index contributed by atoms with van der Waals surface area (Å²) in [4.78, 5) is 31.4. The first-order valence-corrected chi connectivity index (χ1v) is 10.1. The molecule has 1 unspecified atom stereocenters. The summed E-state index contributed by atoms with van der Waals surface area (Å²) >= 11 is 0. The van der Waals surface area contributed by atoms with Crippen molar-refractivity contribution in [3.8, 4) is 11.8 Å². The Bertz CT molecular complexity index is 1130. The van der Waals surface area contributed by atoms with Gasteiger partial charge in [0.25, 0.3) is 5.91 Å². The third kappa shape index (κ3) is 4.11. The lowest BCUT2D eigenvalue weighted by Crippen LogP contribution is -2.41. The van der Waals surface area contributed by atoms with Gasteiger partial charge in [-0.3, -0.25) is 9.59 Å². The maximum atomic E-state index is 12.8. The first kappa shape index (κ1) is 21.3. The molecule has 1 aliphatic heterocycles. The van der Waals surface area contributed by atoms with Crippen molar-refractivity contribution in [2.75, 3.05) is 14.2 Å². The van der Waals surface area contributed by atoms with Crippen LogP contribution in [0, 0.1) is 0 Å². The minimum atomic E-state index is -0.467. The van der Waals surface area contributed by atoms with Crippen molar-refractivity contribution in [1.82, 2.24) is 30.2 Å². The Balaban J connectivity index is 1.50. The summed E-state index contributed by atoms with van der Waals surface area (Å²) in [6.07, 6.45) is 0. The summed E-state index contributed by atoms with van der Waals surface area (Å²) in [6, 6.07) is 12.5. The van der Waals surface area contributed by atoms with E-state index in [1.807, 2.05) is 30.3 Å². The summed E-state index contributed by atoms with van der Waals surface area (Å²) in [5.74, 6) is 0.138. The Morgan fingerprint density at radius 3 is 2.66 bits per heavy atom. The van der Waals surface area contributed by atoms with Crippen molar-refractivity contribution in [2.24, 2.45) is 0 Å². The number of carbonyl (C=O) groups is 2. The molecule has 2 amide bonds. The first-order valence-electron chi connectivity index (χ1n) is 10.1. The van der Waals surface area contributed by atoms with Crippen molar-refractivity contribution in [2.45, 2.75) is 32.6 Å². The van der Waals surface area contributed by atoms with Crippen LogP contribution in [0.25, 0.3) is 0 Å². The molecule has 166 valence electrons. The number of amides is 2. The fourth-order valence-electron chi connectivity index (χ4n) is 3.65. The van der Waals surface area contributed by atoms with E-state index in [9.17, 15) is 9.59 Å². The van der Waals surface area contributed by atoms with Gasteiger partial charge >= 0.3 is 0 Å². The van der Waals surface area contributed by atoms with Crippen LogP contribution in [0.1, 0.15) is 40.3 Å². The molecular formula is C22H24N6O4. The molecule has 0 saturated carbocycles. The number of hydrogen-bond donors (Lipinski definition) is 1. The molecule has 4 rings (SSSR count). The van der Waals surface area contributed by atoms with Crippen molar-refractivity contribution < 1.29 is 19.1 Å². The summed E-state index contributed by atoms with van der Waals surface area (Å²) in [7, 11) is 2.93. The molecule has 32 heavy (non-hydrogen) atoms. The minimum absolute atomic E-state index is 0.0177. The molecule has 0 radical (unpaired) electrons. The Labute approximate surface area is 185 Å². The lowest BCUT2D eigenvalue weighted by molar-refractivity contribution is -0.138. The zero-order valence-corrected chi connectivity index (χ0v) is 18.1. The van der Waals surface area contributed by atoms with Gasteiger partial charge in [-0.2, -0.15) is 4.98 Å². The Hall–Kier alpha value is -3.95. The number of pyridine rings is 1. The van der Waals surface area contributed by atoms with E-state index in [1.54, 1.807) is 28.6 Å². The third-order valence-electron chi connectivity index (χ3n) is 5.36. The molecule has 0 saturated heterocycles. The van der Waals surface area contributed by atoms with Crippen LogP contribution >= 0.6 is 0 Å². The van der Waals surface area contributed by atoms with Crippen molar-refractivity contribution >= 4 is 11.8 Å². The Kier molecular flexibility index (Phi) is 6.02. The van der Waals surface area contributed by atoms with E-state index < -0.39 is 6.04 Å². The van der Waals surface area contributed by atoms with E-state index in [1.165, 1.54) is 14.2 Å². The highest BCUT2D eigenvalue weighted by Crippen LogP contribution is 2.25.